The van der Waals surface area contributed by atoms with Gasteiger partial charge >= 0.3 is 0 Å². The Morgan fingerprint density at radius 2 is 2.40 bits per heavy atom. The van der Waals surface area contributed by atoms with Crippen molar-refractivity contribution in [3.05, 3.63) is 11.9 Å². The Labute approximate surface area is 91.3 Å². The molecule has 2 heterocycles. The highest BCUT2D eigenvalue weighted by atomic mass is 15.3. The van der Waals surface area contributed by atoms with E-state index in [1.54, 1.807) is 0 Å². The minimum atomic E-state index is 0.607. The largest absolute Gasteiger partial charge is 0.338 e. The van der Waals surface area contributed by atoms with E-state index in [0.29, 0.717) is 6.04 Å². The van der Waals surface area contributed by atoms with Crippen molar-refractivity contribution in [1.82, 2.24) is 14.9 Å². The van der Waals surface area contributed by atoms with Crippen LogP contribution < -0.4 is 10.2 Å². The normalized spacial score (nSPS) is 21.3. The Kier molecular flexibility index (Phi) is 2.95. The molecule has 1 aromatic heterocycles. The van der Waals surface area contributed by atoms with Crippen molar-refractivity contribution in [3.63, 3.8) is 0 Å². The molecule has 0 aromatic carbocycles. The Morgan fingerprint density at radius 1 is 1.60 bits per heavy atom. The van der Waals surface area contributed by atoms with Crippen LogP contribution in [0, 0.1) is 6.92 Å². The number of aromatic nitrogens is 2. The highest BCUT2D eigenvalue weighted by molar-refractivity contribution is 5.36. The molecule has 1 fully saturated rings. The molecule has 4 nitrogen and oxygen atoms in total. The molecule has 2 rings (SSSR count). The second-order valence-electron chi connectivity index (χ2n) is 4.34. The topological polar surface area (TPSA) is 33.1 Å². The van der Waals surface area contributed by atoms with Crippen LogP contribution in [0.15, 0.2) is 6.20 Å². The highest BCUT2D eigenvalue weighted by Gasteiger charge is 2.26. The van der Waals surface area contributed by atoms with Crippen molar-refractivity contribution in [2.24, 2.45) is 7.05 Å². The van der Waals surface area contributed by atoms with E-state index < -0.39 is 0 Å². The van der Waals surface area contributed by atoms with Gasteiger partial charge in [-0.2, -0.15) is 0 Å². The number of imidazole rings is 1. The van der Waals surface area contributed by atoms with E-state index in [0.717, 1.165) is 24.7 Å². The fourth-order valence-corrected chi connectivity index (χ4v) is 2.42. The van der Waals surface area contributed by atoms with Gasteiger partial charge in [0.1, 0.15) is 0 Å². The van der Waals surface area contributed by atoms with Crippen LogP contribution in [-0.4, -0.2) is 35.7 Å². The van der Waals surface area contributed by atoms with Crippen LogP contribution in [0.25, 0.3) is 0 Å². The molecular formula is C11H20N4. The second-order valence-corrected chi connectivity index (χ2v) is 4.34. The average Bonchev–Trinajstić information content (AvgIpc) is 2.73. The van der Waals surface area contributed by atoms with Crippen LogP contribution >= 0.6 is 0 Å². The molecule has 1 N–H and O–H groups in total. The first-order chi connectivity index (χ1) is 7.22. The summed E-state index contributed by atoms with van der Waals surface area (Å²) < 4.78 is 2.13. The number of likely N-dealkylation sites (N-methyl/N-ethyl adjacent to an activating group) is 1. The van der Waals surface area contributed by atoms with Crippen LogP contribution in [0.2, 0.25) is 0 Å². The Balaban J connectivity index is 2.18. The van der Waals surface area contributed by atoms with E-state index in [4.69, 9.17) is 0 Å². The quantitative estimate of drug-likeness (QED) is 0.801. The minimum absolute atomic E-state index is 0.607. The summed E-state index contributed by atoms with van der Waals surface area (Å²) in [6, 6.07) is 0.607. The van der Waals surface area contributed by atoms with Crippen molar-refractivity contribution in [2.45, 2.75) is 25.8 Å². The third-order valence-electron chi connectivity index (χ3n) is 3.05. The maximum atomic E-state index is 4.59. The molecule has 15 heavy (non-hydrogen) atoms. The molecule has 0 aliphatic carbocycles. The van der Waals surface area contributed by atoms with Crippen LogP contribution in [0.1, 0.15) is 18.5 Å². The highest BCUT2D eigenvalue weighted by Crippen LogP contribution is 2.23. The molecule has 1 aromatic rings. The van der Waals surface area contributed by atoms with Crippen molar-refractivity contribution >= 4 is 5.95 Å². The van der Waals surface area contributed by atoms with Gasteiger partial charge in [0, 0.05) is 32.4 Å². The van der Waals surface area contributed by atoms with Gasteiger partial charge < -0.3 is 14.8 Å². The van der Waals surface area contributed by atoms with Crippen LogP contribution in [0.3, 0.4) is 0 Å². The molecule has 1 unspecified atom stereocenters. The summed E-state index contributed by atoms with van der Waals surface area (Å²) in [6.07, 6.45) is 4.63. The standard InChI is InChI=1S/C11H20N4/c1-9-8-14(3)11(13-9)15-6-4-5-10(15)7-12-2/h8,10,12H,4-7H2,1-3H3. The smallest absolute Gasteiger partial charge is 0.205 e. The predicted octanol–water partition coefficient (Wildman–Crippen LogP) is 0.917. The lowest BCUT2D eigenvalue weighted by molar-refractivity contribution is 0.601. The molecule has 0 bridgehead atoms. The van der Waals surface area contributed by atoms with Gasteiger partial charge in [0.2, 0.25) is 5.95 Å². The molecule has 1 aliphatic rings. The second kappa shape index (κ2) is 4.23. The lowest BCUT2D eigenvalue weighted by Gasteiger charge is -2.25. The van der Waals surface area contributed by atoms with Gasteiger partial charge in [-0.05, 0) is 26.8 Å². The zero-order chi connectivity index (χ0) is 10.8. The van der Waals surface area contributed by atoms with Crippen LogP contribution in [0.5, 0.6) is 0 Å². The molecule has 0 amide bonds. The van der Waals surface area contributed by atoms with E-state index in [9.17, 15) is 0 Å². The van der Waals surface area contributed by atoms with E-state index in [1.807, 2.05) is 14.0 Å². The maximum absolute atomic E-state index is 4.59. The Bertz CT molecular complexity index is 331. The summed E-state index contributed by atoms with van der Waals surface area (Å²) in [6.45, 7) is 4.23. The summed E-state index contributed by atoms with van der Waals surface area (Å²) in [5, 5.41) is 3.26. The number of aryl methyl sites for hydroxylation is 2. The van der Waals surface area contributed by atoms with Gasteiger partial charge in [-0.1, -0.05) is 0 Å². The summed E-state index contributed by atoms with van der Waals surface area (Å²) in [5.74, 6) is 1.12. The van der Waals surface area contributed by atoms with Crippen molar-refractivity contribution in [2.75, 3.05) is 25.0 Å². The lowest BCUT2D eigenvalue weighted by atomic mass is 10.2. The number of rotatable bonds is 3. The fraction of sp³-hybridized carbons (Fsp3) is 0.727. The van der Waals surface area contributed by atoms with Crippen molar-refractivity contribution in [1.29, 1.82) is 0 Å². The van der Waals surface area contributed by atoms with Crippen LogP contribution in [0.4, 0.5) is 5.95 Å². The van der Waals surface area contributed by atoms with Gasteiger partial charge in [-0.3, -0.25) is 0 Å². The van der Waals surface area contributed by atoms with Crippen LogP contribution in [-0.2, 0) is 7.05 Å². The summed E-state index contributed by atoms with van der Waals surface area (Å²) in [5.41, 5.74) is 1.10. The molecule has 84 valence electrons. The number of nitrogens with one attached hydrogen (secondary N) is 1. The van der Waals surface area contributed by atoms with Gasteiger partial charge in [0.05, 0.1) is 5.69 Å². The zero-order valence-electron chi connectivity index (χ0n) is 9.82. The first kappa shape index (κ1) is 10.5. The summed E-state index contributed by atoms with van der Waals surface area (Å²) >= 11 is 0. The molecule has 0 radical (unpaired) electrons. The maximum Gasteiger partial charge on any atom is 0.205 e. The van der Waals surface area contributed by atoms with E-state index >= 15 is 0 Å². The molecular weight excluding hydrogens is 188 g/mol. The predicted molar refractivity (Wildman–Crippen MR) is 62.2 cm³/mol. The number of hydrogen-bond donors (Lipinski definition) is 1. The first-order valence-corrected chi connectivity index (χ1v) is 5.63. The summed E-state index contributed by atoms with van der Waals surface area (Å²) in [4.78, 5) is 7.01. The third kappa shape index (κ3) is 2.00. The zero-order valence-corrected chi connectivity index (χ0v) is 9.82. The van der Waals surface area contributed by atoms with E-state index in [2.05, 4.69) is 33.0 Å². The van der Waals surface area contributed by atoms with Gasteiger partial charge in [0.15, 0.2) is 0 Å². The van der Waals surface area contributed by atoms with Gasteiger partial charge in [-0.25, -0.2) is 4.98 Å². The van der Waals surface area contributed by atoms with Gasteiger partial charge in [-0.15, -0.1) is 0 Å². The van der Waals surface area contributed by atoms with Crippen molar-refractivity contribution in [3.8, 4) is 0 Å². The molecule has 0 saturated carbocycles. The average molecular weight is 208 g/mol. The van der Waals surface area contributed by atoms with Gasteiger partial charge in [0.25, 0.3) is 0 Å². The summed E-state index contributed by atoms with van der Waals surface area (Å²) in [7, 11) is 4.09. The molecule has 1 aliphatic heterocycles. The van der Waals surface area contributed by atoms with E-state index in [-0.39, 0.29) is 0 Å². The van der Waals surface area contributed by atoms with E-state index in [1.165, 1.54) is 12.8 Å². The van der Waals surface area contributed by atoms with Crippen molar-refractivity contribution < 1.29 is 0 Å². The SMILES string of the molecule is CNCC1CCCN1c1nc(C)cn1C. The Morgan fingerprint density at radius 3 is 3.00 bits per heavy atom. The lowest BCUT2D eigenvalue weighted by Crippen LogP contribution is -2.38. The number of nitrogens with zero attached hydrogens (tertiary/aromatic N) is 3. The Hall–Kier alpha value is -1.03. The molecule has 1 saturated heterocycles. The monoisotopic (exact) mass is 208 g/mol. The first-order valence-electron chi connectivity index (χ1n) is 5.63. The number of anilines is 1. The number of hydrogen-bond acceptors (Lipinski definition) is 3. The fourth-order valence-electron chi connectivity index (χ4n) is 2.42. The molecule has 4 heteroatoms. The molecule has 0 spiro atoms. The minimum Gasteiger partial charge on any atom is -0.338 e. The third-order valence-corrected chi connectivity index (χ3v) is 3.05. The molecule has 1 atom stereocenters.